The molecule has 2 N–H and O–H groups in total. The SMILES string of the molecule is CN=C(NCCc1csc(C)n1)NCC(C)Oc1ccc(OC)cc1. The second-order valence-corrected chi connectivity index (χ2v) is 6.65. The number of thiazole rings is 1. The van der Waals surface area contributed by atoms with Crippen LogP contribution < -0.4 is 20.1 Å². The van der Waals surface area contributed by atoms with Crippen LogP contribution in [0.3, 0.4) is 0 Å². The molecule has 0 saturated carbocycles. The standard InChI is InChI=1S/C18H26N4O2S/c1-13(24-17-7-5-16(23-4)6-8-17)11-21-18(19-3)20-10-9-15-12-25-14(2)22-15/h5-8,12-13H,9-11H2,1-4H3,(H2,19,20,21). The van der Waals surface area contributed by atoms with Crippen molar-refractivity contribution in [1.29, 1.82) is 0 Å². The van der Waals surface area contributed by atoms with Gasteiger partial charge in [0.2, 0.25) is 0 Å². The Kier molecular flexibility index (Phi) is 7.53. The van der Waals surface area contributed by atoms with Gasteiger partial charge in [-0.2, -0.15) is 0 Å². The summed E-state index contributed by atoms with van der Waals surface area (Å²) in [5.41, 5.74) is 1.11. The first-order valence-electron chi connectivity index (χ1n) is 8.27. The van der Waals surface area contributed by atoms with Crippen molar-refractivity contribution in [2.75, 3.05) is 27.2 Å². The van der Waals surface area contributed by atoms with E-state index >= 15 is 0 Å². The number of aliphatic imine (C=N–C) groups is 1. The van der Waals surface area contributed by atoms with E-state index in [-0.39, 0.29) is 6.10 Å². The van der Waals surface area contributed by atoms with Crippen LogP contribution in [0.4, 0.5) is 0 Å². The van der Waals surface area contributed by atoms with Crippen LogP contribution in [0.5, 0.6) is 11.5 Å². The van der Waals surface area contributed by atoms with Gasteiger partial charge in [0.1, 0.15) is 17.6 Å². The van der Waals surface area contributed by atoms with E-state index in [9.17, 15) is 0 Å². The van der Waals surface area contributed by atoms with Crippen molar-refractivity contribution < 1.29 is 9.47 Å². The Labute approximate surface area is 153 Å². The van der Waals surface area contributed by atoms with Gasteiger partial charge in [0.15, 0.2) is 5.96 Å². The molecule has 25 heavy (non-hydrogen) atoms. The Hall–Kier alpha value is -2.28. The van der Waals surface area contributed by atoms with Crippen LogP contribution in [0.15, 0.2) is 34.6 Å². The van der Waals surface area contributed by atoms with E-state index in [0.717, 1.165) is 41.1 Å². The fraction of sp³-hybridized carbons (Fsp3) is 0.444. The van der Waals surface area contributed by atoms with E-state index in [4.69, 9.17) is 9.47 Å². The van der Waals surface area contributed by atoms with E-state index in [2.05, 4.69) is 26.0 Å². The summed E-state index contributed by atoms with van der Waals surface area (Å²) in [7, 11) is 3.41. The Bertz CT molecular complexity index is 670. The monoisotopic (exact) mass is 362 g/mol. The van der Waals surface area contributed by atoms with Gasteiger partial charge >= 0.3 is 0 Å². The molecular weight excluding hydrogens is 336 g/mol. The van der Waals surface area contributed by atoms with E-state index in [1.807, 2.05) is 38.1 Å². The van der Waals surface area contributed by atoms with Gasteiger partial charge in [-0.25, -0.2) is 4.98 Å². The summed E-state index contributed by atoms with van der Waals surface area (Å²) in [5.74, 6) is 2.40. The predicted molar refractivity (Wildman–Crippen MR) is 103 cm³/mol. The highest BCUT2D eigenvalue weighted by molar-refractivity contribution is 7.09. The third-order valence-corrected chi connectivity index (χ3v) is 4.34. The first kappa shape index (κ1) is 19.1. The second kappa shape index (κ2) is 9.88. The second-order valence-electron chi connectivity index (χ2n) is 5.59. The van der Waals surface area contributed by atoms with E-state index in [1.54, 1.807) is 25.5 Å². The molecule has 0 spiro atoms. The molecule has 0 saturated heterocycles. The first-order valence-corrected chi connectivity index (χ1v) is 9.15. The number of ether oxygens (including phenoxy) is 2. The number of guanidine groups is 1. The molecule has 0 aliphatic heterocycles. The number of nitrogens with zero attached hydrogens (tertiary/aromatic N) is 2. The Morgan fingerprint density at radius 1 is 1.24 bits per heavy atom. The van der Waals surface area contributed by atoms with Crippen molar-refractivity contribution in [3.8, 4) is 11.5 Å². The van der Waals surface area contributed by atoms with Crippen LogP contribution in [0.2, 0.25) is 0 Å². The third-order valence-electron chi connectivity index (χ3n) is 3.52. The molecule has 0 radical (unpaired) electrons. The van der Waals surface area contributed by atoms with Gasteiger partial charge in [-0.1, -0.05) is 0 Å². The van der Waals surface area contributed by atoms with Gasteiger partial charge in [-0.15, -0.1) is 11.3 Å². The van der Waals surface area contributed by atoms with Crippen LogP contribution in [0.1, 0.15) is 17.6 Å². The quantitative estimate of drug-likeness (QED) is 0.558. The summed E-state index contributed by atoms with van der Waals surface area (Å²) >= 11 is 1.68. The minimum absolute atomic E-state index is 0.00753. The van der Waals surface area contributed by atoms with Crippen molar-refractivity contribution in [3.63, 3.8) is 0 Å². The highest BCUT2D eigenvalue weighted by atomic mass is 32.1. The molecule has 0 amide bonds. The van der Waals surface area contributed by atoms with E-state index in [1.165, 1.54) is 0 Å². The minimum atomic E-state index is 0.00753. The fourth-order valence-corrected chi connectivity index (χ4v) is 2.87. The number of methoxy groups -OCH3 is 1. The maximum absolute atomic E-state index is 5.88. The predicted octanol–water partition coefficient (Wildman–Crippen LogP) is 2.64. The first-order chi connectivity index (χ1) is 12.1. The molecule has 7 heteroatoms. The Morgan fingerprint density at radius 2 is 1.96 bits per heavy atom. The molecule has 1 aromatic carbocycles. The number of hydrogen-bond acceptors (Lipinski definition) is 5. The van der Waals surface area contributed by atoms with Gasteiger partial charge in [0.05, 0.1) is 24.4 Å². The van der Waals surface area contributed by atoms with Crippen molar-refractivity contribution in [2.24, 2.45) is 4.99 Å². The molecule has 0 bridgehead atoms. The summed E-state index contributed by atoms with van der Waals surface area (Å²) in [6.45, 7) is 5.48. The van der Waals surface area contributed by atoms with Gasteiger partial charge in [0, 0.05) is 25.4 Å². The molecule has 1 heterocycles. The van der Waals surface area contributed by atoms with Gasteiger partial charge < -0.3 is 20.1 Å². The topological polar surface area (TPSA) is 67.8 Å². The zero-order valence-electron chi connectivity index (χ0n) is 15.2. The van der Waals surface area contributed by atoms with Crippen LogP contribution in [0.25, 0.3) is 0 Å². The third kappa shape index (κ3) is 6.62. The largest absolute Gasteiger partial charge is 0.497 e. The lowest BCUT2D eigenvalue weighted by Crippen LogP contribution is -2.42. The van der Waals surface area contributed by atoms with Crippen molar-refractivity contribution >= 4 is 17.3 Å². The molecule has 0 aliphatic rings. The number of hydrogen-bond donors (Lipinski definition) is 2. The van der Waals surface area contributed by atoms with Crippen LogP contribution in [-0.2, 0) is 6.42 Å². The highest BCUT2D eigenvalue weighted by Crippen LogP contribution is 2.17. The normalized spacial score (nSPS) is 12.6. The molecule has 1 aromatic heterocycles. The molecule has 2 aromatic rings. The molecule has 2 rings (SSSR count). The van der Waals surface area contributed by atoms with E-state index in [0.29, 0.717) is 6.54 Å². The van der Waals surface area contributed by atoms with Gasteiger partial charge in [0.25, 0.3) is 0 Å². The molecule has 1 atom stereocenters. The number of benzene rings is 1. The number of aryl methyl sites for hydroxylation is 1. The van der Waals surface area contributed by atoms with Gasteiger partial charge in [-0.05, 0) is 38.1 Å². The number of nitrogens with one attached hydrogen (secondary N) is 2. The highest BCUT2D eigenvalue weighted by Gasteiger charge is 2.06. The summed E-state index contributed by atoms with van der Waals surface area (Å²) in [6.07, 6.45) is 0.885. The number of aromatic nitrogens is 1. The van der Waals surface area contributed by atoms with Crippen LogP contribution in [0, 0.1) is 6.92 Å². The average molecular weight is 362 g/mol. The Morgan fingerprint density at radius 3 is 2.56 bits per heavy atom. The average Bonchev–Trinajstić information content (AvgIpc) is 3.03. The summed E-state index contributed by atoms with van der Waals surface area (Å²) < 4.78 is 11.0. The molecule has 1 unspecified atom stereocenters. The smallest absolute Gasteiger partial charge is 0.191 e. The molecule has 6 nitrogen and oxygen atoms in total. The Balaban J connectivity index is 1.69. The summed E-state index contributed by atoms with van der Waals surface area (Å²) in [5, 5.41) is 9.76. The maximum atomic E-state index is 5.88. The summed E-state index contributed by atoms with van der Waals surface area (Å²) in [4.78, 5) is 8.69. The zero-order chi connectivity index (χ0) is 18.1. The minimum Gasteiger partial charge on any atom is -0.497 e. The van der Waals surface area contributed by atoms with Crippen molar-refractivity contribution in [2.45, 2.75) is 26.4 Å². The molecule has 0 fully saturated rings. The number of rotatable bonds is 8. The fourth-order valence-electron chi connectivity index (χ4n) is 2.22. The zero-order valence-corrected chi connectivity index (χ0v) is 16.0. The van der Waals surface area contributed by atoms with Crippen LogP contribution >= 0.6 is 11.3 Å². The lowest BCUT2D eigenvalue weighted by Gasteiger charge is -2.17. The van der Waals surface area contributed by atoms with Gasteiger partial charge in [-0.3, -0.25) is 4.99 Å². The van der Waals surface area contributed by atoms with Crippen LogP contribution in [-0.4, -0.2) is 44.3 Å². The van der Waals surface area contributed by atoms with Crippen molar-refractivity contribution in [1.82, 2.24) is 15.6 Å². The molecule has 136 valence electrons. The maximum Gasteiger partial charge on any atom is 0.191 e. The molecule has 0 aliphatic carbocycles. The molecular formula is C18H26N4O2S. The van der Waals surface area contributed by atoms with E-state index < -0.39 is 0 Å². The lowest BCUT2D eigenvalue weighted by atomic mass is 10.3. The van der Waals surface area contributed by atoms with Crippen molar-refractivity contribution in [3.05, 3.63) is 40.3 Å². The summed E-state index contributed by atoms with van der Waals surface area (Å²) in [6, 6.07) is 7.57. The lowest BCUT2D eigenvalue weighted by molar-refractivity contribution is 0.223.